The zero-order valence-corrected chi connectivity index (χ0v) is 16.0. The van der Waals surface area contributed by atoms with Gasteiger partial charge in [-0.15, -0.1) is 4.40 Å². The van der Waals surface area contributed by atoms with Crippen molar-refractivity contribution in [3.63, 3.8) is 0 Å². The number of thioether (sulfide) groups is 1. The first-order valence-corrected chi connectivity index (χ1v) is 10.8. The Hall–Kier alpha value is -2.12. The number of benzene rings is 2. The summed E-state index contributed by atoms with van der Waals surface area (Å²) in [7, 11) is -3.88. The topological polar surface area (TPSA) is 66.8 Å². The van der Waals surface area contributed by atoms with E-state index in [0.717, 1.165) is 12.8 Å². The fourth-order valence-electron chi connectivity index (χ4n) is 2.67. The molecule has 136 valence electrons. The predicted molar refractivity (Wildman–Crippen MR) is 106 cm³/mol. The smallest absolute Gasteiger partial charge is 0.273 e. The van der Waals surface area contributed by atoms with Crippen LogP contribution in [0.1, 0.15) is 26.2 Å². The van der Waals surface area contributed by atoms with Gasteiger partial charge in [-0.3, -0.25) is 9.69 Å². The molecule has 0 N–H and O–H groups in total. The number of carbonyl (C=O) groups excluding carboxylic acids is 1. The molecule has 1 amide bonds. The minimum absolute atomic E-state index is 0.114. The molecule has 1 heterocycles. The van der Waals surface area contributed by atoms with Crippen LogP contribution in [0.3, 0.4) is 0 Å². The van der Waals surface area contributed by atoms with Crippen molar-refractivity contribution < 1.29 is 13.2 Å². The molecule has 1 atom stereocenters. The highest BCUT2D eigenvalue weighted by molar-refractivity contribution is 8.16. The van der Waals surface area contributed by atoms with Crippen molar-refractivity contribution in [2.45, 2.75) is 36.3 Å². The fourth-order valence-corrected chi connectivity index (χ4v) is 5.07. The van der Waals surface area contributed by atoms with E-state index in [1.807, 2.05) is 18.2 Å². The molecule has 0 radical (unpaired) electrons. The number of sulfonamides is 1. The van der Waals surface area contributed by atoms with Crippen LogP contribution in [0.15, 0.2) is 70.0 Å². The average molecular weight is 389 g/mol. The third kappa shape index (κ3) is 3.99. The van der Waals surface area contributed by atoms with Crippen LogP contribution in [-0.4, -0.2) is 24.7 Å². The summed E-state index contributed by atoms with van der Waals surface area (Å²) in [5.74, 6) is -0.114. The quantitative estimate of drug-likeness (QED) is 0.748. The van der Waals surface area contributed by atoms with E-state index in [0.29, 0.717) is 12.1 Å². The summed E-state index contributed by atoms with van der Waals surface area (Å²) in [6.45, 7) is 2.06. The van der Waals surface area contributed by atoms with Gasteiger partial charge >= 0.3 is 0 Å². The second-order valence-corrected chi connectivity index (χ2v) is 8.69. The third-order valence-corrected chi connectivity index (χ3v) is 6.61. The van der Waals surface area contributed by atoms with Crippen LogP contribution in [0.2, 0.25) is 0 Å². The number of unbranched alkanes of at least 4 members (excludes halogenated alkanes) is 1. The molecular formula is C19H20N2O3S2. The van der Waals surface area contributed by atoms with Crippen molar-refractivity contribution in [1.82, 2.24) is 0 Å². The standard InChI is InChI=1S/C19H20N2O3S2/c1-2-3-14-17-18(22)21(15-10-6-4-7-11-15)19(25-17)20-26(23,24)16-12-8-5-9-13-16/h4-13,17H,2-3,14H2,1H3/t17-/m1/s1. The second-order valence-electron chi connectivity index (χ2n) is 5.92. The molecule has 5 nitrogen and oxygen atoms in total. The van der Waals surface area contributed by atoms with Gasteiger partial charge in [0.2, 0.25) is 5.91 Å². The minimum Gasteiger partial charge on any atom is -0.273 e. The highest BCUT2D eigenvalue weighted by atomic mass is 32.2. The highest BCUT2D eigenvalue weighted by Crippen LogP contribution is 2.35. The van der Waals surface area contributed by atoms with Crippen LogP contribution >= 0.6 is 11.8 Å². The first-order chi connectivity index (χ1) is 12.5. The minimum atomic E-state index is -3.88. The van der Waals surface area contributed by atoms with E-state index in [2.05, 4.69) is 11.3 Å². The van der Waals surface area contributed by atoms with Crippen molar-refractivity contribution in [2.75, 3.05) is 4.90 Å². The Morgan fingerprint density at radius 1 is 1.04 bits per heavy atom. The van der Waals surface area contributed by atoms with Gasteiger partial charge in [0.05, 0.1) is 15.8 Å². The van der Waals surface area contributed by atoms with Crippen LogP contribution in [-0.2, 0) is 14.8 Å². The number of nitrogens with zero attached hydrogens (tertiary/aromatic N) is 2. The Bertz CT molecular complexity index is 897. The number of para-hydroxylation sites is 1. The molecule has 2 aromatic carbocycles. The summed E-state index contributed by atoms with van der Waals surface area (Å²) >= 11 is 1.23. The first kappa shape index (κ1) is 18.7. The van der Waals surface area contributed by atoms with Gasteiger partial charge in [0.25, 0.3) is 10.0 Å². The van der Waals surface area contributed by atoms with Crippen LogP contribution in [0, 0.1) is 0 Å². The molecule has 0 spiro atoms. The van der Waals surface area contributed by atoms with Crippen LogP contribution in [0.4, 0.5) is 5.69 Å². The maximum atomic E-state index is 12.9. The summed E-state index contributed by atoms with van der Waals surface area (Å²) in [6.07, 6.45) is 2.59. The van der Waals surface area contributed by atoms with E-state index in [1.165, 1.54) is 28.8 Å². The van der Waals surface area contributed by atoms with Crippen LogP contribution in [0.5, 0.6) is 0 Å². The van der Waals surface area contributed by atoms with E-state index in [9.17, 15) is 13.2 Å². The molecule has 2 aromatic rings. The van der Waals surface area contributed by atoms with Gasteiger partial charge in [-0.2, -0.15) is 8.42 Å². The number of amides is 1. The maximum Gasteiger partial charge on any atom is 0.284 e. The summed E-state index contributed by atoms with van der Waals surface area (Å²) in [5, 5.41) is -0.0916. The van der Waals surface area contributed by atoms with E-state index in [1.54, 1.807) is 30.3 Å². The molecule has 0 aromatic heterocycles. The van der Waals surface area contributed by atoms with Gasteiger partial charge in [0, 0.05) is 0 Å². The molecule has 0 bridgehead atoms. The lowest BCUT2D eigenvalue weighted by molar-refractivity contribution is -0.117. The van der Waals surface area contributed by atoms with Crippen molar-refractivity contribution in [1.29, 1.82) is 0 Å². The second kappa shape index (κ2) is 8.05. The van der Waals surface area contributed by atoms with Gasteiger partial charge in [0.15, 0.2) is 5.17 Å². The van der Waals surface area contributed by atoms with Crippen LogP contribution in [0.25, 0.3) is 0 Å². The van der Waals surface area contributed by atoms with Gasteiger partial charge in [-0.25, -0.2) is 0 Å². The molecule has 3 rings (SSSR count). The van der Waals surface area contributed by atoms with Gasteiger partial charge in [0.1, 0.15) is 0 Å². The molecule has 26 heavy (non-hydrogen) atoms. The molecule has 0 unspecified atom stereocenters. The summed E-state index contributed by atoms with van der Waals surface area (Å²) < 4.78 is 29.3. The van der Waals surface area contributed by atoms with Gasteiger partial charge < -0.3 is 0 Å². The van der Waals surface area contributed by atoms with E-state index in [4.69, 9.17) is 0 Å². The van der Waals surface area contributed by atoms with Crippen molar-refractivity contribution in [3.8, 4) is 0 Å². The Morgan fingerprint density at radius 2 is 1.65 bits per heavy atom. The Kier molecular flexibility index (Phi) is 5.78. The lowest BCUT2D eigenvalue weighted by Gasteiger charge is -2.16. The van der Waals surface area contributed by atoms with Crippen molar-refractivity contribution in [2.24, 2.45) is 4.40 Å². The van der Waals surface area contributed by atoms with Gasteiger partial charge in [-0.1, -0.05) is 67.9 Å². The Morgan fingerprint density at radius 3 is 2.27 bits per heavy atom. The number of carbonyl (C=O) groups is 1. The molecule has 7 heteroatoms. The summed E-state index contributed by atoms with van der Waals surface area (Å²) in [5.41, 5.74) is 0.631. The number of rotatable bonds is 6. The Labute approximate surface area is 158 Å². The lowest BCUT2D eigenvalue weighted by atomic mass is 10.2. The summed E-state index contributed by atoms with van der Waals surface area (Å²) in [4.78, 5) is 14.4. The highest BCUT2D eigenvalue weighted by Gasteiger charge is 2.39. The Balaban J connectivity index is 2.00. The van der Waals surface area contributed by atoms with Gasteiger partial charge in [-0.05, 0) is 30.7 Å². The van der Waals surface area contributed by atoms with Crippen molar-refractivity contribution in [3.05, 3.63) is 60.7 Å². The maximum absolute atomic E-state index is 12.9. The zero-order chi connectivity index (χ0) is 18.6. The normalized spacial score (nSPS) is 19.3. The largest absolute Gasteiger partial charge is 0.284 e. The SMILES string of the molecule is CCCC[C@H]1SC(=NS(=O)(=O)c2ccccc2)N(c2ccccc2)C1=O. The monoisotopic (exact) mass is 388 g/mol. The first-order valence-electron chi connectivity index (χ1n) is 8.48. The number of amidine groups is 1. The number of anilines is 1. The summed E-state index contributed by atoms with van der Waals surface area (Å²) in [6, 6.07) is 17.1. The molecule has 1 saturated heterocycles. The zero-order valence-electron chi connectivity index (χ0n) is 14.4. The molecule has 0 aliphatic carbocycles. The molecule has 0 saturated carbocycles. The van der Waals surface area contributed by atoms with E-state index in [-0.39, 0.29) is 21.2 Å². The third-order valence-electron chi connectivity index (χ3n) is 4.01. The molecule has 1 fully saturated rings. The van der Waals surface area contributed by atoms with Crippen molar-refractivity contribution >= 4 is 38.5 Å². The average Bonchev–Trinajstić information content (AvgIpc) is 2.96. The molecule has 1 aliphatic rings. The molecular weight excluding hydrogens is 368 g/mol. The van der Waals surface area contributed by atoms with E-state index < -0.39 is 10.0 Å². The lowest BCUT2D eigenvalue weighted by Crippen LogP contribution is -2.32. The molecule has 1 aliphatic heterocycles. The number of hydrogen-bond acceptors (Lipinski definition) is 4. The predicted octanol–water partition coefficient (Wildman–Crippen LogP) is 4.07. The van der Waals surface area contributed by atoms with E-state index >= 15 is 0 Å². The fraction of sp³-hybridized carbons (Fsp3) is 0.263. The van der Waals surface area contributed by atoms with Crippen LogP contribution < -0.4 is 4.90 Å². The number of hydrogen-bond donors (Lipinski definition) is 0.